The third kappa shape index (κ3) is 1.83. The average molecular weight is 245 g/mol. The Hall–Kier alpha value is -1.97. The molecule has 0 amide bonds. The Morgan fingerprint density at radius 2 is 1.83 bits per heavy atom. The van der Waals surface area contributed by atoms with Crippen molar-refractivity contribution in [3.05, 3.63) is 46.2 Å². The van der Waals surface area contributed by atoms with Crippen LogP contribution in [0.1, 0.15) is 32.3 Å². The topological polar surface area (TPSA) is 52.9 Å². The summed E-state index contributed by atoms with van der Waals surface area (Å²) in [4.78, 5) is 12.5. The largest absolute Gasteiger partial charge is 0.384 e. The number of nitrogens with two attached hydrogens (primary N) is 1. The van der Waals surface area contributed by atoms with Gasteiger partial charge in [0.1, 0.15) is 5.82 Å². The van der Waals surface area contributed by atoms with E-state index in [1.165, 1.54) is 0 Å². The van der Waals surface area contributed by atoms with Crippen LogP contribution < -0.4 is 11.3 Å². The maximum absolute atomic E-state index is 12.5. The van der Waals surface area contributed by atoms with E-state index in [0.717, 1.165) is 5.69 Å². The molecule has 2 N–H and O–H groups in total. The fourth-order valence-corrected chi connectivity index (χ4v) is 2.26. The number of hydrogen-bond acceptors (Lipinski definition) is 2. The van der Waals surface area contributed by atoms with Crippen LogP contribution >= 0.6 is 0 Å². The molecular formula is C14H19N3O. The lowest BCUT2D eigenvalue weighted by Gasteiger charge is -2.10. The van der Waals surface area contributed by atoms with Crippen molar-refractivity contribution in [2.45, 2.75) is 33.2 Å². The fourth-order valence-electron chi connectivity index (χ4n) is 2.26. The molecule has 0 aliphatic rings. The standard InChI is InChI=1S/C14H19N3O/c1-4-16-13(15)12(10(2)3)14(18)17(16)11-8-6-5-7-9-11/h5-10H,4,15H2,1-3H3. The first-order valence-corrected chi connectivity index (χ1v) is 6.24. The number of anilines is 1. The lowest BCUT2D eigenvalue weighted by atomic mass is 10.1. The van der Waals surface area contributed by atoms with Crippen molar-refractivity contribution in [1.29, 1.82) is 0 Å². The van der Waals surface area contributed by atoms with Gasteiger partial charge in [0.2, 0.25) is 0 Å². The molecule has 0 atom stereocenters. The smallest absolute Gasteiger partial charge is 0.277 e. The minimum atomic E-state index is -0.0180. The number of nitrogens with zero attached hydrogens (tertiary/aromatic N) is 2. The first-order chi connectivity index (χ1) is 8.57. The van der Waals surface area contributed by atoms with Gasteiger partial charge in [0.15, 0.2) is 0 Å². The number of nitrogen functional groups attached to an aromatic ring is 1. The third-order valence-electron chi connectivity index (χ3n) is 3.10. The molecule has 0 spiro atoms. The zero-order valence-electron chi connectivity index (χ0n) is 11.1. The summed E-state index contributed by atoms with van der Waals surface area (Å²) in [6, 6.07) is 9.59. The molecule has 0 saturated heterocycles. The van der Waals surface area contributed by atoms with E-state index in [1.807, 2.05) is 55.8 Å². The predicted molar refractivity (Wildman–Crippen MR) is 74.2 cm³/mol. The molecule has 2 aromatic rings. The number of rotatable bonds is 3. The Kier molecular flexibility index (Phi) is 3.28. The van der Waals surface area contributed by atoms with Gasteiger partial charge in [-0.3, -0.25) is 9.48 Å². The van der Waals surface area contributed by atoms with Crippen molar-refractivity contribution < 1.29 is 0 Å². The molecular weight excluding hydrogens is 226 g/mol. The molecule has 0 aliphatic heterocycles. The predicted octanol–water partition coefficient (Wildman–Crippen LogP) is 2.36. The highest BCUT2D eigenvalue weighted by molar-refractivity contribution is 5.45. The molecule has 96 valence electrons. The van der Waals surface area contributed by atoms with Crippen molar-refractivity contribution in [2.75, 3.05) is 5.73 Å². The van der Waals surface area contributed by atoms with Crippen LogP contribution in [0.3, 0.4) is 0 Å². The summed E-state index contributed by atoms with van der Waals surface area (Å²) in [5, 5.41) is 0. The summed E-state index contributed by atoms with van der Waals surface area (Å²) in [5.41, 5.74) is 7.62. The highest BCUT2D eigenvalue weighted by Crippen LogP contribution is 2.20. The molecule has 0 radical (unpaired) electrons. The second kappa shape index (κ2) is 4.72. The van der Waals surface area contributed by atoms with E-state index in [-0.39, 0.29) is 11.5 Å². The SMILES string of the molecule is CCn1c(N)c(C(C)C)c(=O)n1-c1ccccc1. The summed E-state index contributed by atoms with van der Waals surface area (Å²) in [7, 11) is 0. The van der Waals surface area contributed by atoms with E-state index < -0.39 is 0 Å². The van der Waals surface area contributed by atoms with Gasteiger partial charge in [0.05, 0.1) is 11.3 Å². The van der Waals surface area contributed by atoms with Crippen LogP contribution in [0.25, 0.3) is 5.69 Å². The Morgan fingerprint density at radius 1 is 1.22 bits per heavy atom. The van der Waals surface area contributed by atoms with Gasteiger partial charge < -0.3 is 5.73 Å². The Balaban J connectivity index is 2.76. The minimum absolute atomic E-state index is 0.0180. The van der Waals surface area contributed by atoms with Gasteiger partial charge in [-0.1, -0.05) is 32.0 Å². The highest BCUT2D eigenvalue weighted by atomic mass is 16.1. The fraction of sp³-hybridized carbons (Fsp3) is 0.357. The van der Waals surface area contributed by atoms with Gasteiger partial charge >= 0.3 is 0 Å². The van der Waals surface area contributed by atoms with Crippen molar-refractivity contribution >= 4 is 5.82 Å². The summed E-state index contributed by atoms with van der Waals surface area (Å²) in [6.45, 7) is 6.63. The molecule has 1 heterocycles. The van der Waals surface area contributed by atoms with Gasteiger partial charge in [-0.2, -0.15) is 0 Å². The van der Waals surface area contributed by atoms with E-state index in [4.69, 9.17) is 5.73 Å². The number of para-hydroxylation sites is 1. The van der Waals surface area contributed by atoms with Crippen molar-refractivity contribution in [2.24, 2.45) is 0 Å². The lowest BCUT2D eigenvalue weighted by Crippen LogP contribution is -2.22. The Bertz CT molecular complexity index is 593. The number of benzene rings is 1. The average Bonchev–Trinajstić information content (AvgIpc) is 2.61. The number of aromatic nitrogens is 2. The van der Waals surface area contributed by atoms with Crippen LogP contribution in [0.5, 0.6) is 0 Å². The lowest BCUT2D eigenvalue weighted by molar-refractivity contribution is 0.582. The molecule has 1 aromatic carbocycles. The van der Waals surface area contributed by atoms with Crippen LogP contribution in [-0.4, -0.2) is 9.36 Å². The van der Waals surface area contributed by atoms with Gasteiger partial charge in [-0.25, -0.2) is 4.68 Å². The summed E-state index contributed by atoms with van der Waals surface area (Å²) >= 11 is 0. The Morgan fingerprint density at radius 3 is 2.33 bits per heavy atom. The molecule has 0 fully saturated rings. The molecule has 1 aromatic heterocycles. The molecule has 0 unspecified atom stereocenters. The quantitative estimate of drug-likeness (QED) is 0.902. The van der Waals surface area contributed by atoms with Crippen LogP contribution in [0.2, 0.25) is 0 Å². The second-order valence-corrected chi connectivity index (χ2v) is 4.62. The molecule has 0 saturated carbocycles. The van der Waals surface area contributed by atoms with Crippen LogP contribution in [0.15, 0.2) is 35.1 Å². The van der Waals surface area contributed by atoms with Crippen LogP contribution in [-0.2, 0) is 6.54 Å². The summed E-state index contributed by atoms with van der Waals surface area (Å²) in [6.07, 6.45) is 0. The van der Waals surface area contributed by atoms with Crippen LogP contribution in [0, 0.1) is 0 Å². The summed E-state index contributed by atoms with van der Waals surface area (Å²) < 4.78 is 3.48. The molecule has 0 aliphatic carbocycles. The van der Waals surface area contributed by atoms with E-state index in [2.05, 4.69) is 0 Å². The first-order valence-electron chi connectivity index (χ1n) is 6.24. The maximum atomic E-state index is 12.5. The molecule has 4 nitrogen and oxygen atoms in total. The van der Waals surface area contributed by atoms with Crippen molar-refractivity contribution in [3.8, 4) is 5.69 Å². The molecule has 2 rings (SSSR count). The second-order valence-electron chi connectivity index (χ2n) is 4.62. The zero-order valence-corrected chi connectivity index (χ0v) is 11.1. The van der Waals surface area contributed by atoms with Crippen molar-refractivity contribution in [3.63, 3.8) is 0 Å². The third-order valence-corrected chi connectivity index (χ3v) is 3.10. The Labute approximate surface area is 107 Å². The zero-order chi connectivity index (χ0) is 13.3. The van der Waals surface area contributed by atoms with Gasteiger partial charge in [-0.05, 0) is 25.0 Å². The highest BCUT2D eigenvalue weighted by Gasteiger charge is 2.19. The maximum Gasteiger partial charge on any atom is 0.277 e. The monoisotopic (exact) mass is 245 g/mol. The van der Waals surface area contributed by atoms with Gasteiger partial charge in [0.25, 0.3) is 5.56 Å². The molecule has 0 bridgehead atoms. The minimum Gasteiger partial charge on any atom is -0.384 e. The van der Waals surface area contributed by atoms with Gasteiger partial charge in [-0.15, -0.1) is 0 Å². The normalized spacial score (nSPS) is 11.1. The molecule has 4 heteroatoms. The number of hydrogen-bond donors (Lipinski definition) is 1. The van der Waals surface area contributed by atoms with Crippen molar-refractivity contribution in [1.82, 2.24) is 9.36 Å². The van der Waals surface area contributed by atoms with Gasteiger partial charge in [0, 0.05) is 6.54 Å². The van der Waals surface area contributed by atoms with E-state index in [9.17, 15) is 4.79 Å². The van der Waals surface area contributed by atoms with Crippen LogP contribution in [0.4, 0.5) is 5.82 Å². The molecule has 18 heavy (non-hydrogen) atoms. The first kappa shape index (κ1) is 12.5. The van der Waals surface area contributed by atoms with E-state index in [0.29, 0.717) is 17.9 Å². The van der Waals surface area contributed by atoms with E-state index in [1.54, 1.807) is 4.68 Å². The van der Waals surface area contributed by atoms with E-state index >= 15 is 0 Å². The summed E-state index contributed by atoms with van der Waals surface area (Å²) in [5.74, 6) is 0.696.